The highest BCUT2D eigenvalue weighted by Crippen LogP contribution is 2.08. The molecule has 0 unspecified atom stereocenters. The third-order valence-electron chi connectivity index (χ3n) is 1.96. The molecule has 1 N–H and O–H groups in total. The molecule has 9 heteroatoms. The number of carbonyl (C=O) groups excluding carboxylic acids is 2. The molecule has 0 fully saturated rings. The van der Waals surface area contributed by atoms with Gasteiger partial charge in [-0.2, -0.15) is 4.79 Å². The summed E-state index contributed by atoms with van der Waals surface area (Å²) in [6, 6.07) is 0. The number of hydrazine groups is 1. The van der Waals surface area contributed by atoms with Gasteiger partial charge in [-0.25, -0.2) is 4.79 Å². The first-order valence-electron chi connectivity index (χ1n) is 6.22. The van der Waals surface area contributed by atoms with Crippen molar-refractivity contribution in [3.63, 3.8) is 0 Å². The normalized spacial score (nSPS) is 10.7. The SMILES string of the molecule is CCC/C=C(\N(NC(=O)OCC)C(=O)OCC)[N+](=O)[O-]. The fourth-order valence-corrected chi connectivity index (χ4v) is 1.16. The minimum absolute atomic E-state index is 0.0125. The average Bonchev–Trinajstić information content (AvgIpc) is 2.38. The molecule has 0 saturated carbocycles. The third kappa shape index (κ3) is 6.03. The Kier molecular flexibility index (Phi) is 8.48. The zero-order valence-electron chi connectivity index (χ0n) is 11.7. The Hall–Kier alpha value is -2.32. The summed E-state index contributed by atoms with van der Waals surface area (Å²) in [7, 11) is 0. The van der Waals surface area contributed by atoms with E-state index in [1.54, 1.807) is 13.8 Å². The number of unbranched alkanes of at least 4 members (excludes halogenated alkanes) is 1. The highest BCUT2D eigenvalue weighted by Gasteiger charge is 2.33. The van der Waals surface area contributed by atoms with Crippen molar-refractivity contribution in [1.82, 2.24) is 10.4 Å². The summed E-state index contributed by atoms with van der Waals surface area (Å²) in [5.41, 5.74) is 1.98. The van der Waals surface area contributed by atoms with E-state index in [2.05, 4.69) is 9.47 Å². The third-order valence-corrected chi connectivity index (χ3v) is 1.96. The summed E-state index contributed by atoms with van der Waals surface area (Å²) in [5, 5.41) is 11.4. The van der Waals surface area contributed by atoms with E-state index < -0.39 is 22.9 Å². The average molecular weight is 289 g/mol. The van der Waals surface area contributed by atoms with Crippen LogP contribution in [-0.4, -0.2) is 35.3 Å². The molecule has 2 amide bonds. The summed E-state index contributed by atoms with van der Waals surface area (Å²) in [4.78, 5) is 33.2. The second kappa shape index (κ2) is 9.59. The Labute approximate surface area is 116 Å². The van der Waals surface area contributed by atoms with E-state index in [1.807, 2.05) is 12.3 Å². The number of nitro groups is 1. The van der Waals surface area contributed by atoms with Crippen LogP contribution in [0.4, 0.5) is 9.59 Å². The van der Waals surface area contributed by atoms with E-state index in [-0.39, 0.29) is 13.2 Å². The van der Waals surface area contributed by atoms with Gasteiger partial charge >= 0.3 is 18.0 Å². The number of nitrogens with one attached hydrogen (secondary N) is 1. The lowest BCUT2D eigenvalue weighted by atomic mass is 10.3. The summed E-state index contributed by atoms with van der Waals surface area (Å²) >= 11 is 0. The van der Waals surface area contributed by atoms with Crippen molar-refractivity contribution in [3.8, 4) is 0 Å². The van der Waals surface area contributed by atoms with Crippen molar-refractivity contribution in [2.24, 2.45) is 0 Å². The predicted molar refractivity (Wildman–Crippen MR) is 69.0 cm³/mol. The predicted octanol–water partition coefficient (Wildman–Crippen LogP) is 2.02. The summed E-state index contributed by atoms with van der Waals surface area (Å²) in [6.07, 6.45) is 0.206. The molecule has 0 aromatic carbocycles. The lowest BCUT2D eigenvalue weighted by Gasteiger charge is -2.15. The molecule has 0 spiro atoms. The van der Waals surface area contributed by atoms with Gasteiger partial charge in [0, 0.05) is 6.08 Å². The van der Waals surface area contributed by atoms with Crippen LogP contribution < -0.4 is 5.43 Å². The smallest absolute Gasteiger partial charge is 0.448 e. The van der Waals surface area contributed by atoms with Gasteiger partial charge in [-0.3, -0.25) is 0 Å². The highest BCUT2D eigenvalue weighted by atomic mass is 16.6. The standard InChI is InChI=1S/C11H19N3O6/c1-4-7-8-9(14(17)18)13(11(16)20-6-3)12-10(15)19-5-2/h8H,4-7H2,1-3H3,(H,12,15)/b9-8+. The topological polar surface area (TPSA) is 111 Å². The van der Waals surface area contributed by atoms with Crippen LogP contribution in [0, 0.1) is 10.1 Å². The molecule has 20 heavy (non-hydrogen) atoms. The maximum Gasteiger partial charge on any atom is 0.531 e. The van der Waals surface area contributed by atoms with Crippen LogP contribution in [0.15, 0.2) is 11.9 Å². The Morgan fingerprint density at radius 3 is 2.30 bits per heavy atom. The number of ether oxygens (including phenoxy) is 2. The first-order valence-corrected chi connectivity index (χ1v) is 6.22. The molecule has 0 aromatic heterocycles. The van der Waals surface area contributed by atoms with Crippen LogP contribution in [0.25, 0.3) is 0 Å². The van der Waals surface area contributed by atoms with Crippen molar-refractivity contribution in [3.05, 3.63) is 22.0 Å². The molecule has 0 aliphatic rings. The lowest BCUT2D eigenvalue weighted by Crippen LogP contribution is -2.47. The second-order valence-electron chi connectivity index (χ2n) is 3.47. The molecule has 9 nitrogen and oxygen atoms in total. The number of hydrogen-bond donors (Lipinski definition) is 1. The van der Waals surface area contributed by atoms with E-state index >= 15 is 0 Å². The summed E-state index contributed by atoms with van der Waals surface area (Å²) in [5.74, 6) is -0.585. The van der Waals surface area contributed by atoms with Gasteiger partial charge in [-0.15, -0.1) is 5.43 Å². The van der Waals surface area contributed by atoms with Crippen molar-refractivity contribution in [1.29, 1.82) is 0 Å². The largest absolute Gasteiger partial charge is 0.531 e. The van der Waals surface area contributed by atoms with Crippen molar-refractivity contribution < 1.29 is 24.0 Å². The van der Waals surface area contributed by atoms with Crippen molar-refractivity contribution in [2.75, 3.05) is 13.2 Å². The molecule has 0 rings (SSSR count). The molecule has 0 bridgehead atoms. The molecule has 0 aliphatic carbocycles. The lowest BCUT2D eigenvalue weighted by molar-refractivity contribution is -0.445. The molecular formula is C11H19N3O6. The number of carbonyl (C=O) groups is 2. The van der Waals surface area contributed by atoms with Gasteiger partial charge in [-0.1, -0.05) is 13.3 Å². The highest BCUT2D eigenvalue weighted by molar-refractivity contribution is 5.75. The van der Waals surface area contributed by atoms with E-state index in [4.69, 9.17) is 0 Å². The minimum atomic E-state index is -1.06. The van der Waals surface area contributed by atoms with Gasteiger partial charge in [0.05, 0.1) is 13.2 Å². The Morgan fingerprint density at radius 1 is 1.25 bits per heavy atom. The van der Waals surface area contributed by atoms with E-state index in [0.29, 0.717) is 17.9 Å². The van der Waals surface area contributed by atoms with Gasteiger partial charge in [-0.05, 0) is 30.2 Å². The van der Waals surface area contributed by atoms with Crippen molar-refractivity contribution in [2.45, 2.75) is 33.6 Å². The maximum atomic E-state index is 11.7. The van der Waals surface area contributed by atoms with Gasteiger partial charge in [0.25, 0.3) is 0 Å². The molecule has 0 heterocycles. The molecule has 0 saturated heterocycles. The zero-order valence-corrected chi connectivity index (χ0v) is 11.7. The Balaban J connectivity index is 5.19. The monoisotopic (exact) mass is 289 g/mol. The van der Waals surface area contributed by atoms with Gasteiger partial charge in [0.15, 0.2) is 0 Å². The molecule has 0 aromatic rings. The van der Waals surface area contributed by atoms with Crippen molar-refractivity contribution >= 4 is 12.2 Å². The summed E-state index contributed by atoms with van der Waals surface area (Å²) < 4.78 is 9.25. The van der Waals surface area contributed by atoms with E-state index in [1.165, 1.54) is 6.08 Å². The van der Waals surface area contributed by atoms with Crippen LogP contribution in [0.3, 0.4) is 0 Å². The fourth-order valence-electron chi connectivity index (χ4n) is 1.16. The van der Waals surface area contributed by atoms with Crippen LogP contribution in [-0.2, 0) is 9.47 Å². The van der Waals surface area contributed by atoms with Gasteiger partial charge in [0.2, 0.25) is 0 Å². The van der Waals surface area contributed by atoms with Gasteiger partial charge < -0.3 is 19.6 Å². The Bertz CT molecular complexity index is 382. The molecule has 0 radical (unpaired) electrons. The molecule has 0 aliphatic heterocycles. The molecule has 114 valence electrons. The van der Waals surface area contributed by atoms with E-state index in [0.717, 1.165) is 0 Å². The number of allylic oxidation sites excluding steroid dienone is 1. The van der Waals surface area contributed by atoms with E-state index in [9.17, 15) is 19.7 Å². The molecular weight excluding hydrogens is 270 g/mol. The van der Waals surface area contributed by atoms with Crippen LogP contribution in [0.1, 0.15) is 33.6 Å². The van der Waals surface area contributed by atoms with Crippen LogP contribution >= 0.6 is 0 Å². The quantitative estimate of drug-likeness (QED) is 0.591. The minimum Gasteiger partial charge on any atom is -0.448 e. The number of hydrogen-bond acceptors (Lipinski definition) is 6. The zero-order chi connectivity index (χ0) is 15.5. The second-order valence-corrected chi connectivity index (χ2v) is 3.47. The molecule has 0 atom stereocenters. The van der Waals surface area contributed by atoms with Gasteiger partial charge in [0.1, 0.15) is 0 Å². The van der Waals surface area contributed by atoms with Crippen LogP contribution in [0.2, 0.25) is 0 Å². The first-order chi connectivity index (χ1) is 9.47. The number of amides is 2. The van der Waals surface area contributed by atoms with Crippen LogP contribution in [0.5, 0.6) is 0 Å². The maximum absolute atomic E-state index is 11.7. The fraction of sp³-hybridized carbons (Fsp3) is 0.636. The Morgan fingerprint density at radius 2 is 1.85 bits per heavy atom. The number of nitrogens with zero attached hydrogens (tertiary/aromatic N) is 2. The first kappa shape index (κ1) is 17.7. The summed E-state index contributed by atoms with van der Waals surface area (Å²) in [6.45, 7) is 5.01. The number of rotatable bonds is 6.